The minimum absolute atomic E-state index is 0.0522. The first-order valence-electron chi connectivity index (χ1n) is 27.8. The number of allylic oxidation sites excluding steroid dienone is 2. The second kappa shape index (κ2) is 27.0. The minimum Gasteiger partial charge on any atom is -0.491 e. The van der Waals surface area contributed by atoms with Crippen LogP contribution in [0.4, 0.5) is 0 Å². The van der Waals surface area contributed by atoms with Crippen LogP contribution in [0, 0.1) is 27.7 Å². The molecular weight excluding hydrogens is 909 g/mol. The van der Waals surface area contributed by atoms with Gasteiger partial charge in [0.05, 0.1) is 24.4 Å². The van der Waals surface area contributed by atoms with Gasteiger partial charge in [-0.25, -0.2) is 0 Å². The molecule has 0 radical (unpaired) electrons. The highest BCUT2D eigenvalue weighted by Gasteiger charge is 2.35. The summed E-state index contributed by atoms with van der Waals surface area (Å²) in [5, 5.41) is 40.5. The number of aliphatic hydroxyl groups is 4. The molecule has 1 aliphatic rings. The standard InChI is InChI=1S/C34H50O4.C31H46O4/c1-10-26(21-33(35,11-2)12-3)30-17-15-27(19-24(30)6)34(13-4,14-5)28-16-18-31(25(7)20-28)36-22-29-23-37-32(8,9)38-29;1-8-24(19-30(34,9-2)10-3)28-15-13-25(17-22(28)6)31(11-4,12-5)26-14-16-29(23(7)18-26)35-21-27(33)20-32/h15-21,29,35H,10-14,22-23H2,1-9H3;13-19,27,32-34H,8-12,20-21H2,1-7H3/b26-21+;24-19+/t29-;27-/m10/s1. The maximum Gasteiger partial charge on any atom is 0.163 e. The third-order valence-corrected chi connectivity index (χ3v) is 16.3. The number of hydrogen-bond acceptors (Lipinski definition) is 8. The highest BCUT2D eigenvalue weighted by molar-refractivity contribution is 5.71. The molecule has 0 saturated carbocycles. The summed E-state index contributed by atoms with van der Waals surface area (Å²) in [4.78, 5) is 0. The number of benzene rings is 4. The van der Waals surface area contributed by atoms with Crippen molar-refractivity contribution in [2.75, 3.05) is 26.4 Å². The van der Waals surface area contributed by atoms with Crippen LogP contribution < -0.4 is 9.47 Å². The molecule has 0 aromatic heterocycles. The summed E-state index contributed by atoms with van der Waals surface area (Å²) in [7, 11) is 0. The quantitative estimate of drug-likeness (QED) is 0.0519. The number of aryl methyl sites for hydroxylation is 4. The van der Waals surface area contributed by atoms with Crippen molar-refractivity contribution in [3.05, 3.63) is 141 Å². The zero-order valence-electron chi connectivity index (χ0n) is 48.1. The zero-order chi connectivity index (χ0) is 54.4. The van der Waals surface area contributed by atoms with Gasteiger partial charge in [0, 0.05) is 10.8 Å². The van der Waals surface area contributed by atoms with Crippen molar-refractivity contribution in [3.63, 3.8) is 0 Å². The van der Waals surface area contributed by atoms with E-state index in [0.29, 0.717) is 26.1 Å². The van der Waals surface area contributed by atoms with Gasteiger partial charge in [-0.2, -0.15) is 0 Å². The lowest BCUT2D eigenvalue weighted by Gasteiger charge is -2.34. The van der Waals surface area contributed by atoms with Crippen LogP contribution in [0.3, 0.4) is 0 Å². The van der Waals surface area contributed by atoms with Gasteiger partial charge in [-0.1, -0.05) is 130 Å². The van der Waals surface area contributed by atoms with Crippen molar-refractivity contribution in [2.24, 2.45) is 0 Å². The van der Waals surface area contributed by atoms with Crippen LogP contribution in [0.15, 0.2) is 84.9 Å². The topological polar surface area (TPSA) is 118 Å². The second-order valence-corrected chi connectivity index (χ2v) is 21.2. The Labute approximate surface area is 442 Å². The summed E-state index contributed by atoms with van der Waals surface area (Å²) < 4.78 is 23.5. The molecule has 2 atom stereocenters. The Hall–Kier alpha value is -4.28. The maximum absolute atomic E-state index is 11.0. The van der Waals surface area contributed by atoms with Gasteiger partial charge >= 0.3 is 0 Å². The molecule has 5 rings (SSSR count). The summed E-state index contributed by atoms with van der Waals surface area (Å²) in [5.74, 6) is 1.08. The molecule has 404 valence electrons. The highest BCUT2D eigenvalue weighted by atomic mass is 16.7. The molecule has 4 aromatic carbocycles. The number of aliphatic hydroxyl groups excluding tert-OH is 2. The van der Waals surface area contributed by atoms with Crippen LogP contribution in [0.2, 0.25) is 0 Å². The molecule has 1 saturated heterocycles. The lowest BCUT2D eigenvalue weighted by molar-refractivity contribution is -0.141. The predicted octanol–water partition coefficient (Wildman–Crippen LogP) is 14.8. The molecule has 1 aliphatic heterocycles. The van der Waals surface area contributed by atoms with E-state index < -0.39 is 23.1 Å². The van der Waals surface area contributed by atoms with Crippen LogP contribution in [0.25, 0.3) is 11.1 Å². The van der Waals surface area contributed by atoms with Crippen molar-refractivity contribution >= 4 is 11.1 Å². The van der Waals surface area contributed by atoms with Gasteiger partial charge in [0.25, 0.3) is 0 Å². The van der Waals surface area contributed by atoms with Gasteiger partial charge in [-0.3, -0.25) is 0 Å². The van der Waals surface area contributed by atoms with E-state index in [9.17, 15) is 15.3 Å². The molecule has 8 nitrogen and oxygen atoms in total. The Morgan fingerprint density at radius 1 is 0.575 bits per heavy atom. The fourth-order valence-corrected chi connectivity index (χ4v) is 10.9. The molecule has 0 bridgehead atoms. The van der Waals surface area contributed by atoms with Crippen molar-refractivity contribution in [1.29, 1.82) is 0 Å². The molecule has 8 heteroatoms. The van der Waals surface area contributed by atoms with Crippen molar-refractivity contribution in [1.82, 2.24) is 0 Å². The Morgan fingerprint density at radius 2 is 0.945 bits per heavy atom. The van der Waals surface area contributed by atoms with E-state index in [1.807, 2.05) is 40.7 Å². The largest absolute Gasteiger partial charge is 0.491 e. The van der Waals surface area contributed by atoms with Gasteiger partial charge in [0.15, 0.2) is 5.79 Å². The Balaban J connectivity index is 0.000000318. The van der Waals surface area contributed by atoms with E-state index in [4.69, 9.17) is 24.1 Å². The summed E-state index contributed by atoms with van der Waals surface area (Å²) in [6.45, 7) is 34.7. The first-order chi connectivity index (χ1) is 34.6. The molecule has 0 amide bonds. The zero-order valence-corrected chi connectivity index (χ0v) is 48.1. The number of rotatable bonds is 25. The van der Waals surface area contributed by atoms with E-state index in [1.165, 1.54) is 55.7 Å². The normalized spacial score (nSPS) is 16.0. The molecular formula is C65H96O8. The Morgan fingerprint density at radius 3 is 1.25 bits per heavy atom. The van der Waals surface area contributed by atoms with Gasteiger partial charge in [0.1, 0.15) is 36.9 Å². The first kappa shape index (κ1) is 61.3. The van der Waals surface area contributed by atoms with Crippen molar-refractivity contribution in [2.45, 2.75) is 215 Å². The van der Waals surface area contributed by atoms with Gasteiger partial charge in [-0.05, 0) is 197 Å². The number of ether oxygens (including phenoxy) is 4. The lowest BCUT2D eigenvalue weighted by atomic mass is 9.69. The summed E-state index contributed by atoms with van der Waals surface area (Å²) in [6, 6.07) is 26.7. The van der Waals surface area contributed by atoms with E-state index in [-0.39, 0.29) is 30.1 Å². The summed E-state index contributed by atoms with van der Waals surface area (Å²) >= 11 is 0. The van der Waals surface area contributed by atoms with Crippen LogP contribution in [0.1, 0.15) is 203 Å². The maximum atomic E-state index is 11.0. The minimum atomic E-state index is -0.881. The second-order valence-electron chi connectivity index (χ2n) is 21.2. The molecule has 0 aliphatic carbocycles. The van der Waals surface area contributed by atoms with E-state index in [2.05, 4.69) is 155 Å². The summed E-state index contributed by atoms with van der Waals surface area (Å²) in [6.07, 6.45) is 11.8. The molecule has 0 spiro atoms. The van der Waals surface area contributed by atoms with Gasteiger partial charge < -0.3 is 39.4 Å². The van der Waals surface area contributed by atoms with E-state index >= 15 is 0 Å². The number of hydrogen-bond donors (Lipinski definition) is 4. The molecule has 1 fully saturated rings. The predicted molar refractivity (Wildman–Crippen MR) is 304 cm³/mol. The molecule has 4 aromatic rings. The third-order valence-electron chi connectivity index (χ3n) is 16.3. The Bertz CT molecular complexity index is 2430. The van der Waals surface area contributed by atoms with Crippen LogP contribution in [0.5, 0.6) is 11.5 Å². The van der Waals surface area contributed by atoms with Gasteiger partial charge in [0.2, 0.25) is 0 Å². The van der Waals surface area contributed by atoms with Crippen molar-refractivity contribution in [3.8, 4) is 11.5 Å². The van der Waals surface area contributed by atoms with Crippen LogP contribution in [-0.4, -0.2) is 76.1 Å². The first-order valence-corrected chi connectivity index (χ1v) is 27.8. The van der Waals surface area contributed by atoms with Crippen LogP contribution >= 0.6 is 0 Å². The van der Waals surface area contributed by atoms with E-state index in [0.717, 1.165) is 74.0 Å². The fraction of sp³-hybridized carbons (Fsp3) is 0.569. The SMILES string of the molecule is CC/C(=C\C(O)(CC)CC)c1ccc(C(CC)(CC)c2ccc(OC[C@@H](O)CO)c(C)c2)cc1C.CC/C(=C\C(O)(CC)CC)c1ccc(C(CC)(CC)c2ccc(OC[C@@H]3COC(C)(C)O3)c(C)c2)cc1C. The average molecular weight is 1010 g/mol. The van der Waals surface area contributed by atoms with E-state index in [1.54, 1.807) is 0 Å². The Kier molecular flexibility index (Phi) is 22.6. The fourth-order valence-electron chi connectivity index (χ4n) is 10.9. The van der Waals surface area contributed by atoms with Gasteiger partial charge in [-0.15, -0.1) is 0 Å². The van der Waals surface area contributed by atoms with Crippen molar-refractivity contribution < 1.29 is 39.4 Å². The smallest absolute Gasteiger partial charge is 0.163 e. The molecule has 1 heterocycles. The third kappa shape index (κ3) is 14.8. The molecule has 4 N–H and O–H groups in total. The van der Waals surface area contributed by atoms with Crippen LogP contribution in [-0.2, 0) is 20.3 Å². The molecule has 73 heavy (non-hydrogen) atoms. The monoisotopic (exact) mass is 1000 g/mol. The highest BCUT2D eigenvalue weighted by Crippen LogP contribution is 2.44. The summed E-state index contributed by atoms with van der Waals surface area (Å²) in [5.41, 5.74) is 13.0. The average Bonchev–Trinajstić information content (AvgIpc) is 3.75. The molecule has 0 unspecified atom stereocenters. The lowest BCUT2D eigenvalue weighted by Crippen LogP contribution is -2.27.